The molecule has 4 nitrogen and oxygen atoms in total. The highest BCUT2D eigenvalue weighted by Gasteiger charge is 2.32. The van der Waals surface area contributed by atoms with E-state index in [-0.39, 0.29) is 10.6 Å². The molecule has 7 heteroatoms. The average Bonchev–Trinajstić information content (AvgIpc) is 2.61. The number of benzene rings is 2. The van der Waals surface area contributed by atoms with Gasteiger partial charge in [-0.2, -0.15) is 0 Å². The van der Waals surface area contributed by atoms with E-state index >= 15 is 0 Å². The molecule has 0 saturated carbocycles. The van der Waals surface area contributed by atoms with Crippen molar-refractivity contribution in [2.45, 2.75) is 29.4 Å². The van der Waals surface area contributed by atoms with Gasteiger partial charge in [0.1, 0.15) is 22.3 Å². The van der Waals surface area contributed by atoms with Gasteiger partial charge in [-0.25, -0.2) is 17.2 Å². The minimum Gasteiger partial charge on any atom is -0.507 e. The maximum atomic E-state index is 13.7. The molecule has 1 N–H and O–H groups in total. The van der Waals surface area contributed by atoms with Crippen molar-refractivity contribution in [2.75, 3.05) is 19.6 Å². The van der Waals surface area contributed by atoms with Gasteiger partial charge in [0.2, 0.25) is 0 Å². The molecule has 1 saturated heterocycles. The number of halogens is 2. The Bertz CT molecular complexity index is 878. The summed E-state index contributed by atoms with van der Waals surface area (Å²) >= 11 is 0. The van der Waals surface area contributed by atoms with E-state index in [1.165, 1.54) is 24.3 Å². The Morgan fingerprint density at radius 1 is 1.08 bits per heavy atom. The van der Waals surface area contributed by atoms with E-state index in [9.17, 15) is 22.3 Å². The number of hydrogen-bond acceptors (Lipinski definition) is 4. The summed E-state index contributed by atoms with van der Waals surface area (Å²) in [6.45, 7) is 1.76. The Morgan fingerprint density at radius 2 is 1.77 bits per heavy atom. The van der Waals surface area contributed by atoms with Crippen molar-refractivity contribution in [3.63, 3.8) is 0 Å². The second kappa shape index (κ2) is 7.72. The molecule has 1 aliphatic heterocycles. The molecule has 0 bridgehead atoms. The lowest BCUT2D eigenvalue weighted by atomic mass is 10.1. The van der Waals surface area contributed by atoms with E-state index < -0.39 is 26.7 Å². The van der Waals surface area contributed by atoms with E-state index in [1.807, 2.05) is 0 Å². The summed E-state index contributed by atoms with van der Waals surface area (Å²) in [6, 6.07) is 9.54. The summed E-state index contributed by atoms with van der Waals surface area (Å²) in [5, 5.41) is 9.30. The molecule has 0 aromatic heterocycles. The molecule has 1 aliphatic rings. The first kappa shape index (κ1) is 18.8. The number of aromatic hydroxyl groups is 1. The summed E-state index contributed by atoms with van der Waals surface area (Å²) in [5.41, 5.74) is 0.454. The van der Waals surface area contributed by atoms with Crippen LogP contribution in [0.15, 0.2) is 47.4 Å². The van der Waals surface area contributed by atoms with Crippen molar-refractivity contribution in [1.29, 1.82) is 0 Å². The number of sulfone groups is 1. The van der Waals surface area contributed by atoms with Crippen molar-refractivity contribution >= 4 is 9.84 Å². The van der Waals surface area contributed by atoms with E-state index in [0.29, 0.717) is 44.5 Å². The fraction of sp³-hybridized carbons (Fsp3) is 0.368. The average molecular weight is 381 g/mol. The van der Waals surface area contributed by atoms with Gasteiger partial charge >= 0.3 is 0 Å². The molecule has 0 aliphatic carbocycles. The van der Waals surface area contributed by atoms with Crippen LogP contribution in [0.1, 0.15) is 18.4 Å². The van der Waals surface area contributed by atoms with Gasteiger partial charge in [-0.3, -0.25) is 0 Å². The van der Waals surface area contributed by atoms with E-state index in [4.69, 9.17) is 0 Å². The molecule has 1 fully saturated rings. The van der Waals surface area contributed by atoms with Gasteiger partial charge in [0.05, 0.1) is 5.25 Å². The number of phenolic OH excluding ortho intramolecular Hbond substituents is 1. The molecule has 0 atom stereocenters. The van der Waals surface area contributed by atoms with Crippen molar-refractivity contribution < 1.29 is 22.3 Å². The first-order valence-corrected chi connectivity index (χ1v) is 10.1. The Hall–Kier alpha value is -1.99. The minimum absolute atomic E-state index is 0.0215. The summed E-state index contributed by atoms with van der Waals surface area (Å²) in [7, 11) is -3.57. The van der Waals surface area contributed by atoms with Crippen LogP contribution in [0.4, 0.5) is 8.78 Å². The van der Waals surface area contributed by atoms with Crippen LogP contribution in [0.2, 0.25) is 0 Å². The summed E-state index contributed by atoms with van der Waals surface area (Å²) in [4.78, 5) is 2.06. The zero-order valence-corrected chi connectivity index (χ0v) is 15.1. The van der Waals surface area contributed by atoms with Crippen LogP contribution >= 0.6 is 0 Å². The highest BCUT2D eigenvalue weighted by molar-refractivity contribution is 7.92. The zero-order valence-electron chi connectivity index (χ0n) is 14.2. The third-order valence-corrected chi connectivity index (χ3v) is 7.17. The normalized spacial score (nSPS) is 16.7. The van der Waals surface area contributed by atoms with Gasteiger partial charge in [0, 0.05) is 12.6 Å². The standard InChI is InChI=1S/C19H21F2NO3S/c20-15-6-5-14(17(21)13-15)7-10-22-11-8-16(9-12-22)26(24,25)19-4-2-1-3-18(19)23/h1-6,13,16,23H,7-12H2. The molecule has 2 aromatic carbocycles. The van der Waals surface area contributed by atoms with Crippen LogP contribution in [-0.2, 0) is 16.3 Å². The minimum atomic E-state index is -3.57. The molecule has 140 valence electrons. The van der Waals surface area contributed by atoms with E-state index in [1.54, 1.807) is 12.1 Å². The molecule has 3 rings (SSSR count). The number of piperidine rings is 1. The largest absolute Gasteiger partial charge is 0.507 e. The third kappa shape index (κ3) is 4.04. The third-order valence-electron chi connectivity index (χ3n) is 4.86. The number of para-hydroxylation sites is 1. The first-order chi connectivity index (χ1) is 12.4. The van der Waals surface area contributed by atoms with Crippen LogP contribution in [0.5, 0.6) is 5.75 Å². The van der Waals surface area contributed by atoms with E-state index in [2.05, 4.69) is 4.90 Å². The number of likely N-dealkylation sites (tertiary alicyclic amines) is 1. The number of nitrogens with zero attached hydrogens (tertiary/aromatic N) is 1. The van der Waals surface area contributed by atoms with Gasteiger partial charge in [0.25, 0.3) is 0 Å². The SMILES string of the molecule is O=S(=O)(c1ccccc1O)C1CCN(CCc2ccc(F)cc2F)CC1. The first-order valence-electron chi connectivity index (χ1n) is 8.56. The van der Waals surface area contributed by atoms with Crippen molar-refractivity contribution in [3.05, 3.63) is 59.7 Å². The Morgan fingerprint density at radius 3 is 2.42 bits per heavy atom. The Labute approximate surface area is 152 Å². The van der Waals surface area contributed by atoms with Gasteiger partial charge < -0.3 is 10.0 Å². The maximum absolute atomic E-state index is 13.7. The highest BCUT2D eigenvalue weighted by atomic mass is 32.2. The predicted molar refractivity (Wildman–Crippen MR) is 94.8 cm³/mol. The summed E-state index contributed by atoms with van der Waals surface area (Å²) in [6.07, 6.45) is 1.37. The smallest absolute Gasteiger partial charge is 0.184 e. The maximum Gasteiger partial charge on any atom is 0.184 e. The Balaban J connectivity index is 1.58. The predicted octanol–water partition coefficient (Wildman–Crippen LogP) is 3.15. The molecule has 26 heavy (non-hydrogen) atoms. The van der Waals surface area contributed by atoms with Crippen LogP contribution in [0.25, 0.3) is 0 Å². The molecule has 0 unspecified atom stereocenters. The lowest BCUT2D eigenvalue weighted by molar-refractivity contribution is 0.231. The quantitative estimate of drug-likeness (QED) is 0.865. The number of hydrogen-bond donors (Lipinski definition) is 1. The number of phenols is 1. The molecule has 1 heterocycles. The van der Waals surface area contributed by atoms with Gasteiger partial charge in [-0.05, 0) is 56.1 Å². The second-order valence-electron chi connectivity index (χ2n) is 6.54. The fourth-order valence-electron chi connectivity index (χ4n) is 3.32. The molecule has 2 aromatic rings. The van der Waals surface area contributed by atoms with Crippen molar-refractivity contribution in [3.8, 4) is 5.75 Å². The molecule has 0 radical (unpaired) electrons. The van der Waals surface area contributed by atoms with E-state index in [0.717, 1.165) is 6.07 Å². The molecular formula is C19H21F2NO3S. The lowest BCUT2D eigenvalue weighted by Gasteiger charge is -2.31. The monoisotopic (exact) mass is 381 g/mol. The fourth-order valence-corrected chi connectivity index (χ4v) is 5.14. The van der Waals surface area contributed by atoms with Gasteiger partial charge in [0.15, 0.2) is 9.84 Å². The van der Waals surface area contributed by atoms with Crippen molar-refractivity contribution in [2.24, 2.45) is 0 Å². The molecule has 0 amide bonds. The van der Waals surface area contributed by atoms with Gasteiger partial charge in [-0.15, -0.1) is 0 Å². The van der Waals surface area contributed by atoms with Crippen LogP contribution in [0, 0.1) is 11.6 Å². The van der Waals surface area contributed by atoms with Crippen LogP contribution < -0.4 is 0 Å². The zero-order chi connectivity index (χ0) is 18.7. The second-order valence-corrected chi connectivity index (χ2v) is 8.74. The summed E-state index contributed by atoms with van der Waals surface area (Å²) in [5.74, 6) is -1.37. The van der Waals surface area contributed by atoms with Gasteiger partial charge in [-0.1, -0.05) is 18.2 Å². The van der Waals surface area contributed by atoms with Crippen molar-refractivity contribution in [1.82, 2.24) is 4.90 Å². The molecular weight excluding hydrogens is 360 g/mol. The highest BCUT2D eigenvalue weighted by Crippen LogP contribution is 2.30. The van der Waals surface area contributed by atoms with Crippen LogP contribution in [-0.4, -0.2) is 43.3 Å². The lowest BCUT2D eigenvalue weighted by Crippen LogP contribution is -2.40. The topological polar surface area (TPSA) is 57.6 Å². The number of rotatable bonds is 5. The summed E-state index contributed by atoms with van der Waals surface area (Å²) < 4.78 is 52.0. The Kier molecular flexibility index (Phi) is 5.58. The van der Waals surface area contributed by atoms with Crippen LogP contribution in [0.3, 0.4) is 0 Å². The molecule has 0 spiro atoms.